The molecule has 0 bridgehead atoms. The molecule has 5 nitrogen and oxygen atoms in total. The smallest absolute Gasteiger partial charge is 0.156 e. The monoisotopic (exact) mass is 259 g/mol. The SMILES string of the molecule is CN(CC1CCCNC1)c1nccc2c1ncn2C. The topological polar surface area (TPSA) is 46.0 Å². The van der Waals surface area contributed by atoms with Crippen LogP contribution in [0, 0.1) is 5.92 Å². The Hall–Kier alpha value is -1.62. The number of nitrogens with one attached hydrogen (secondary N) is 1. The first-order valence-electron chi connectivity index (χ1n) is 6.93. The zero-order chi connectivity index (χ0) is 13.2. The minimum Gasteiger partial charge on any atom is -0.357 e. The highest BCUT2D eigenvalue weighted by atomic mass is 15.2. The van der Waals surface area contributed by atoms with Crippen molar-refractivity contribution in [2.24, 2.45) is 13.0 Å². The van der Waals surface area contributed by atoms with Gasteiger partial charge < -0.3 is 14.8 Å². The van der Waals surface area contributed by atoms with Crippen molar-refractivity contribution in [3.63, 3.8) is 0 Å². The van der Waals surface area contributed by atoms with E-state index in [1.165, 1.54) is 12.8 Å². The fraction of sp³-hybridized carbons (Fsp3) is 0.571. The van der Waals surface area contributed by atoms with Gasteiger partial charge in [0.25, 0.3) is 0 Å². The molecule has 0 radical (unpaired) electrons. The summed E-state index contributed by atoms with van der Waals surface area (Å²) in [5, 5.41) is 3.47. The van der Waals surface area contributed by atoms with E-state index in [2.05, 4.69) is 27.2 Å². The van der Waals surface area contributed by atoms with Gasteiger partial charge in [0.05, 0.1) is 11.8 Å². The Labute approximate surface area is 113 Å². The lowest BCUT2D eigenvalue weighted by Crippen LogP contribution is -2.37. The molecular formula is C14H21N5. The highest BCUT2D eigenvalue weighted by Gasteiger charge is 2.18. The number of rotatable bonds is 3. The van der Waals surface area contributed by atoms with Gasteiger partial charge in [-0.05, 0) is 37.9 Å². The second kappa shape index (κ2) is 5.17. The number of hydrogen-bond donors (Lipinski definition) is 1. The Morgan fingerprint density at radius 3 is 3.16 bits per heavy atom. The number of imidazole rings is 1. The van der Waals surface area contributed by atoms with Gasteiger partial charge in [0.1, 0.15) is 5.52 Å². The van der Waals surface area contributed by atoms with Gasteiger partial charge in [0.2, 0.25) is 0 Å². The summed E-state index contributed by atoms with van der Waals surface area (Å²) >= 11 is 0. The molecule has 3 heterocycles. The molecule has 0 amide bonds. The van der Waals surface area contributed by atoms with E-state index in [1.54, 1.807) is 0 Å². The molecule has 1 aliphatic rings. The van der Waals surface area contributed by atoms with Gasteiger partial charge in [0.15, 0.2) is 5.82 Å². The van der Waals surface area contributed by atoms with E-state index >= 15 is 0 Å². The van der Waals surface area contributed by atoms with Crippen molar-refractivity contribution in [1.82, 2.24) is 19.9 Å². The number of pyridine rings is 1. The Kier molecular flexibility index (Phi) is 3.38. The summed E-state index contributed by atoms with van der Waals surface area (Å²) in [6.07, 6.45) is 6.30. The van der Waals surface area contributed by atoms with Crippen LogP contribution in [0.2, 0.25) is 0 Å². The summed E-state index contributed by atoms with van der Waals surface area (Å²) in [7, 11) is 4.13. The van der Waals surface area contributed by atoms with Gasteiger partial charge in [-0.3, -0.25) is 0 Å². The van der Waals surface area contributed by atoms with Gasteiger partial charge in [-0.15, -0.1) is 0 Å². The molecule has 1 unspecified atom stereocenters. The van der Waals surface area contributed by atoms with Gasteiger partial charge >= 0.3 is 0 Å². The highest BCUT2D eigenvalue weighted by Crippen LogP contribution is 2.23. The van der Waals surface area contributed by atoms with Crippen LogP contribution in [-0.4, -0.2) is 41.2 Å². The van der Waals surface area contributed by atoms with Crippen LogP contribution in [-0.2, 0) is 7.05 Å². The number of anilines is 1. The van der Waals surface area contributed by atoms with Crippen molar-refractivity contribution in [1.29, 1.82) is 0 Å². The minimum absolute atomic E-state index is 0.708. The van der Waals surface area contributed by atoms with Crippen LogP contribution in [0.1, 0.15) is 12.8 Å². The number of aryl methyl sites for hydroxylation is 1. The quantitative estimate of drug-likeness (QED) is 0.905. The zero-order valence-corrected chi connectivity index (χ0v) is 11.6. The second-order valence-corrected chi connectivity index (χ2v) is 5.45. The van der Waals surface area contributed by atoms with Crippen molar-refractivity contribution in [3.8, 4) is 0 Å². The average molecular weight is 259 g/mol. The van der Waals surface area contributed by atoms with Gasteiger partial charge in [-0.2, -0.15) is 0 Å². The molecule has 1 aliphatic heterocycles. The Morgan fingerprint density at radius 2 is 2.37 bits per heavy atom. The summed E-state index contributed by atoms with van der Waals surface area (Å²) in [6, 6.07) is 2.02. The molecule has 3 rings (SSSR count). The van der Waals surface area contributed by atoms with Gasteiger partial charge in [0, 0.05) is 26.8 Å². The molecule has 1 N–H and O–H groups in total. The summed E-state index contributed by atoms with van der Waals surface area (Å²) in [6.45, 7) is 3.31. The molecule has 0 spiro atoms. The third kappa shape index (κ3) is 2.42. The number of fused-ring (bicyclic) bond motifs is 1. The van der Waals surface area contributed by atoms with Crippen molar-refractivity contribution < 1.29 is 0 Å². The maximum absolute atomic E-state index is 4.52. The number of aromatic nitrogens is 3. The molecule has 0 aromatic carbocycles. The molecule has 0 aliphatic carbocycles. The number of nitrogens with zero attached hydrogens (tertiary/aromatic N) is 4. The summed E-state index contributed by atoms with van der Waals surface area (Å²) in [5.41, 5.74) is 2.13. The molecule has 2 aromatic heterocycles. The van der Waals surface area contributed by atoms with Crippen LogP contribution in [0.25, 0.3) is 11.0 Å². The van der Waals surface area contributed by atoms with Gasteiger partial charge in [-0.25, -0.2) is 9.97 Å². The minimum atomic E-state index is 0.708. The zero-order valence-electron chi connectivity index (χ0n) is 11.6. The lowest BCUT2D eigenvalue weighted by molar-refractivity contribution is 0.381. The lowest BCUT2D eigenvalue weighted by Gasteiger charge is -2.28. The van der Waals surface area contributed by atoms with Crippen molar-refractivity contribution >= 4 is 16.9 Å². The van der Waals surface area contributed by atoms with Crippen LogP contribution in [0.4, 0.5) is 5.82 Å². The van der Waals surface area contributed by atoms with Crippen molar-refractivity contribution in [2.45, 2.75) is 12.8 Å². The van der Waals surface area contributed by atoms with Crippen LogP contribution in [0.5, 0.6) is 0 Å². The van der Waals surface area contributed by atoms with Gasteiger partial charge in [-0.1, -0.05) is 0 Å². The summed E-state index contributed by atoms with van der Waals surface area (Å²) < 4.78 is 2.04. The molecule has 0 saturated carbocycles. The highest BCUT2D eigenvalue weighted by molar-refractivity contribution is 5.86. The molecule has 1 saturated heterocycles. The maximum Gasteiger partial charge on any atom is 0.156 e. The largest absolute Gasteiger partial charge is 0.357 e. The summed E-state index contributed by atoms with van der Waals surface area (Å²) in [5.74, 6) is 1.70. The van der Waals surface area contributed by atoms with Crippen molar-refractivity contribution in [2.75, 3.05) is 31.6 Å². The Bertz CT molecular complexity index is 556. The lowest BCUT2D eigenvalue weighted by atomic mass is 9.99. The number of piperidine rings is 1. The van der Waals surface area contributed by atoms with Crippen LogP contribution >= 0.6 is 0 Å². The van der Waals surface area contributed by atoms with E-state index in [1.807, 2.05) is 30.2 Å². The number of hydrogen-bond acceptors (Lipinski definition) is 4. The molecule has 1 fully saturated rings. The first-order valence-corrected chi connectivity index (χ1v) is 6.93. The van der Waals surface area contributed by atoms with Crippen LogP contribution in [0.15, 0.2) is 18.6 Å². The first kappa shape index (κ1) is 12.4. The molecule has 19 heavy (non-hydrogen) atoms. The van der Waals surface area contributed by atoms with E-state index in [9.17, 15) is 0 Å². The standard InChI is InChI=1S/C14H21N5/c1-18(9-11-4-3-6-15-8-11)14-13-12(5-7-16-14)19(2)10-17-13/h5,7,10-11,15H,3-4,6,8-9H2,1-2H3. The fourth-order valence-electron chi connectivity index (χ4n) is 2.88. The Morgan fingerprint density at radius 1 is 1.47 bits per heavy atom. The first-order chi connectivity index (χ1) is 9.25. The third-order valence-corrected chi connectivity index (χ3v) is 3.92. The second-order valence-electron chi connectivity index (χ2n) is 5.45. The van der Waals surface area contributed by atoms with Crippen LogP contribution in [0.3, 0.4) is 0 Å². The average Bonchev–Trinajstić information content (AvgIpc) is 2.82. The van der Waals surface area contributed by atoms with E-state index < -0.39 is 0 Å². The fourth-order valence-corrected chi connectivity index (χ4v) is 2.88. The maximum atomic E-state index is 4.52. The van der Waals surface area contributed by atoms with Crippen molar-refractivity contribution in [3.05, 3.63) is 18.6 Å². The predicted octanol–water partition coefficient (Wildman–Crippen LogP) is 1.40. The van der Waals surface area contributed by atoms with Crippen LogP contribution < -0.4 is 10.2 Å². The molecule has 102 valence electrons. The molecule has 5 heteroatoms. The van der Waals surface area contributed by atoms with E-state index in [0.717, 1.165) is 36.5 Å². The molecular weight excluding hydrogens is 238 g/mol. The normalized spacial score (nSPS) is 19.8. The molecule has 2 aromatic rings. The summed E-state index contributed by atoms with van der Waals surface area (Å²) in [4.78, 5) is 11.2. The Balaban J connectivity index is 1.82. The third-order valence-electron chi connectivity index (χ3n) is 3.92. The van der Waals surface area contributed by atoms with E-state index in [0.29, 0.717) is 5.92 Å². The molecule has 1 atom stereocenters. The predicted molar refractivity (Wildman–Crippen MR) is 77.4 cm³/mol. The van der Waals surface area contributed by atoms with E-state index in [4.69, 9.17) is 0 Å². The van der Waals surface area contributed by atoms with E-state index in [-0.39, 0.29) is 0 Å².